The van der Waals surface area contributed by atoms with Gasteiger partial charge in [-0.25, -0.2) is 0 Å². The first-order valence-corrected chi connectivity index (χ1v) is 6.16. The van der Waals surface area contributed by atoms with Crippen molar-refractivity contribution in [3.8, 4) is 0 Å². The molecule has 0 aromatic heterocycles. The van der Waals surface area contributed by atoms with E-state index < -0.39 is 0 Å². The summed E-state index contributed by atoms with van der Waals surface area (Å²) in [6, 6.07) is 0.451. The van der Waals surface area contributed by atoms with Crippen LogP contribution in [0, 0.1) is 17.3 Å². The molecule has 84 valence electrons. The van der Waals surface area contributed by atoms with Gasteiger partial charge in [-0.15, -0.1) is 0 Å². The maximum atomic E-state index is 6.28. The van der Waals surface area contributed by atoms with Gasteiger partial charge in [-0.2, -0.15) is 0 Å². The molecule has 0 saturated heterocycles. The average Bonchev–Trinajstić information content (AvgIpc) is 2.46. The van der Waals surface area contributed by atoms with E-state index in [-0.39, 0.29) is 0 Å². The molecule has 0 spiro atoms. The Labute approximate surface area is 89.5 Å². The molecule has 0 bridgehead atoms. The van der Waals surface area contributed by atoms with Crippen LogP contribution in [0.4, 0.5) is 0 Å². The van der Waals surface area contributed by atoms with Crippen molar-refractivity contribution in [3.63, 3.8) is 0 Å². The molecule has 0 aliphatic heterocycles. The van der Waals surface area contributed by atoms with Gasteiger partial charge in [0.1, 0.15) is 0 Å². The lowest BCUT2D eigenvalue weighted by atomic mass is 9.83. The molecule has 0 heterocycles. The Balaban J connectivity index is 2.31. The SMILES string of the molecule is CC1CCCC1C(N)CCC(C)(C)C. The molecule has 14 heavy (non-hydrogen) atoms. The van der Waals surface area contributed by atoms with E-state index >= 15 is 0 Å². The minimum atomic E-state index is 0.444. The van der Waals surface area contributed by atoms with Crippen LogP contribution in [0.1, 0.15) is 59.8 Å². The summed E-state index contributed by atoms with van der Waals surface area (Å²) in [4.78, 5) is 0. The molecule has 3 atom stereocenters. The molecule has 1 heteroatoms. The maximum absolute atomic E-state index is 6.28. The molecule has 1 saturated carbocycles. The van der Waals surface area contributed by atoms with Crippen molar-refractivity contribution in [3.05, 3.63) is 0 Å². The van der Waals surface area contributed by atoms with E-state index in [4.69, 9.17) is 5.73 Å². The van der Waals surface area contributed by atoms with Crippen LogP contribution in [0.25, 0.3) is 0 Å². The first kappa shape index (κ1) is 12.0. The fraction of sp³-hybridized carbons (Fsp3) is 1.00. The summed E-state index contributed by atoms with van der Waals surface area (Å²) in [5.41, 5.74) is 6.72. The van der Waals surface area contributed by atoms with Crippen LogP contribution in [-0.4, -0.2) is 6.04 Å². The third-order valence-electron chi connectivity index (χ3n) is 3.71. The number of nitrogens with two attached hydrogens (primary N) is 1. The van der Waals surface area contributed by atoms with Gasteiger partial charge in [0, 0.05) is 6.04 Å². The molecule has 1 aliphatic carbocycles. The van der Waals surface area contributed by atoms with Gasteiger partial charge in [-0.3, -0.25) is 0 Å². The van der Waals surface area contributed by atoms with Gasteiger partial charge in [0.05, 0.1) is 0 Å². The quantitative estimate of drug-likeness (QED) is 0.735. The van der Waals surface area contributed by atoms with E-state index in [1.54, 1.807) is 0 Å². The predicted molar refractivity (Wildman–Crippen MR) is 63.2 cm³/mol. The third kappa shape index (κ3) is 3.61. The van der Waals surface area contributed by atoms with Crippen molar-refractivity contribution < 1.29 is 0 Å². The molecule has 0 aromatic rings. The van der Waals surface area contributed by atoms with Gasteiger partial charge in [-0.1, -0.05) is 40.5 Å². The van der Waals surface area contributed by atoms with Gasteiger partial charge in [0.25, 0.3) is 0 Å². The Hall–Kier alpha value is -0.0400. The van der Waals surface area contributed by atoms with Gasteiger partial charge >= 0.3 is 0 Å². The lowest BCUT2D eigenvalue weighted by Gasteiger charge is -2.26. The van der Waals surface area contributed by atoms with Crippen molar-refractivity contribution in [1.29, 1.82) is 0 Å². The topological polar surface area (TPSA) is 26.0 Å². The van der Waals surface area contributed by atoms with E-state index in [9.17, 15) is 0 Å². The second-order valence-electron chi connectivity index (χ2n) is 6.34. The molecule has 3 unspecified atom stereocenters. The molecule has 0 radical (unpaired) electrons. The monoisotopic (exact) mass is 197 g/mol. The van der Waals surface area contributed by atoms with Crippen molar-refractivity contribution in [2.75, 3.05) is 0 Å². The zero-order valence-corrected chi connectivity index (χ0v) is 10.3. The summed E-state index contributed by atoms with van der Waals surface area (Å²) in [5, 5.41) is 0. The Morgan fingerprint density at radius 1 is 1.29 bits per heavy atom. The molecular weight excluding hydrogens is 170 g/mol. The van der Waals surface area contributed by atoms with Crippen molar-refractivity contribution in [1.82, 2.24) is 0 Å². The lowest BCUT2D eigenvalue weighted by molar-refractivity contribution is 0.281. The molecule has 2 N–H and O–H groups in total. The molecule has 1 nitrogen and oxygen atoms in total. The Bertz CT molecular complexity index is 169. The van der Waals surface area contributed by atoms with Crippen LogP contribution < -0.4 is 5.73 Å². The van der Waals surface area contributed by atoms with Crippen LogP contribution in [-0.2, 0) is 0 Å². The first-order chi connectivity index (χ1) is 6.40. The minimum absolute atomic E-state index is 0.444. The van der Waals surface area contributed by atoms with Gasteiger partial charge < -0.3 is 5.73 Å². The number of hydrogen-bond donors (Lipinski definition) is 1. The Morgan fingerprint density at radius 2 is 1.93 bits per heavy atom. The highest BCUT2D eigenvalue weighted by atomic mass is 14.7. The van der Waals surface area contributed by atoms with E-state index in [1.165, 1.54) is 32.1 Å². The summed E-state index contributed by atoms with van der Waals surface area (Å²) in [5.74, 6) is 1.67. The minimum Gasteiger partial charge on any atom is -0.327 e. The highest BCUT2D eigenvalue weighted by Crippen LogP contribution is 2.35. The Kier molecular flexibility index (Phi) is 4.00. The summed E-state index contributed by atoms with van der Waals surface area (Å²) in [7, 11) is 0. The smallest absolute Gasteiger partial charge is 0.00699 e. The molecule has 1 aliphatic rings. The lowest BCUT2D eigenvalue weighted by Crippen LogP contribution is -2.32. The summed E-state index contributed by atoms with van der Waals surface area (Å²) in [6.45, 7) is 9.28. The number of hydrogen-bond acceptors (Lipinski definition) is 1. The molecule has 1 rings (SSSR count). The second-order valence-corrected chi connectivity index (χ2v) is 6.34. The van der Waals surface area contributed by atoms with Crippen LogP contribution in [0.5, 0.6) is 0 Å². The fourth-order valence-electron chi connectivity index (χ4n) is 2.62. The fourth-order valence-corrected chi connectivity index (χ4v) is 2.62. The molecular formula is C13H27N. The van der Waals surface area contributed by atoms with E-state index in [1.807, 2.05) is 0 Å². The maximum Gasteiger partial charge on any atom is 0.00699 e. The summed E-state index contributed by atoms with van der Waals surface area (Å²) >= 11 is 0. The van der Waals surface area contributed by atoms with Crippen molar-refractivity contribution in [2.24, 2.45) is 23.0 Å². The first-order valence-electron chi connectivity index (χ1n) is 6.16. The van der Waals surface area contributed by atoms with Gasteiger partial charge in [0.2, 0.25) is 0 Å². The number of rotatable bonds is 3. The molecule has 1 fully saturated rings. The van der Waals surface area contributed by atoms with E-state index in [0.29, 0.717) is 11.5 Å². The van der Waals surface area contributed by atoms with Crippen LogP contribution in [0.15, 0.2) is 0 Å². The van der Waals surface area contributed by atoms with Crippen molar-refractivity contribution in [2.45, 2.75) is 65.8 Å². The summed E-state index contributed by atoms with van der Waals surface area (Å²) < 4.78 is 0. The van der Waals surface area contributed by atoms with Crippen LogP contribution in [0.2, 0.25) is 0 Å². The van der Waals surface area contributed by atoms with Crippen LogP contribution >= 0.6 is 0 Å². The second kappa shape index (κ2) is 4.65. The Morgan fingerprint density at radius 3 is 2.36 bits per heavy atom. The summed E-state index contributed by atoms with van der Waals surface area (Å²) in [6.07, 6.45) is 6.63. The zero-order valence-electron chi connectivity index (χ0n) is 10.3. The third-order valence-corrected chi connectivity index (χ3v) is 3.71. The van der Waals surface area contributed by atoms with Gasteiger partial charge in [-0.05, 0) is 36.5 Å². The standard InChI is InChI=1S/C13H27N/c1-10-6-5-7-11(10)12(14)8-9-13(2,3)4/h10-12H,5-9,14H2,1-4H3. The predicted octanol–water partition coefficient (Wildman–Crippen LogP) is 3.58. The van der Waals surface area contributed by atoms with Crippen molar-refractivity contribution >= 4 is 0 Å². The van der Waals surface area contributed by atoms with Gasteiger partial charge in [0.15, 0.2) is 0 Å². The van der Waals surface area contributed by atoms with E-state index in [2.05, 4.69) is 27.7 Å². The highest BCUT2D eigenvalue weighted by Gasteiger charge is 2.29. The normalized spacial score (nSPS) is 30.6. The van der Waals surface area contributed by atoms with E-state index in [0.717, 1.165) is 11.8 Å². The highest BCUT2D eigenvalue weighted by molar-refractivity contribution is 4.83. The molecule has 0 aromatic carbocycles. The van der Waals surface area contributed by atoms with Crippen LogP contribution in [0.3, 0.4) is 0 Å². The largest absolute Gasteiger partial charge is 0.327 e. The molecule has 0 amide bonds. The average molecular weight is 197 g/mol. The zero-order chi connectivity index (χ0) is 10.8.